The number of fused-ring (bicyclic) bond motifs is 1. The van der Waals surface area contributed by atoms with Crippen molar-refractivity contribution in [1.29, 1.82) is 0 Å². The molecule has 1 aliphatic rings. The molecule has 2 heterocycles. The zero-order valence-electron chi connectivity index (χ0n) is 19.2. The third-order valence-corrected chi connectivity index (χ3v) is 6.46. The molecule has 1 unspecified atom stereocenters. The summed E-state index contributed by atoms with van der Waals surface area (Å²) in [5.74, 6) is 1.15. The second kappa shape index (κ2) is 10.1. The van der Waals surface area contributed by atoms with Crippen LogP contribution in [-0.4, -0.2) is 31.3 Å². The molecule has 1 amide bonds. The van der Waals surface area contributed by atoms with Gasteiger partial charge in [0.2, 0.25) is 11.1 Å². The Kier molecular flexibility index (Phi) is 6.97. The summed E-state index contributed by atoms with van der Waals surface area (Å²) >= 11 is 1.57. The monoisotopic (exact) mass is 478 g/mol. The number of non-ortho nitro benzene ring substituents is 1. The summed E-state index contributed by atoms with van der Waals surface area (Å²) in [5, 5.41) is 22.6. The van der Waals surface area contributed by atoms with Crippen LogP contribution in [0.15, 0.2) is 65.0 Å². The Balaban J connectivity index is 1.73. The number of nitrogens with one attached hydrogen (secondary N) is 2. The molecule has 1 atom stereocenters. The molecule has 0 saturated carbocycles. The van der Waals surface area contributed by atoms with E-state index in [2.05, 4.69) is 27.6 Å². The number of allylic oxidation sites excluding steroid dienone is 1. The number of aryl methyl sites for hydroxylation is 1. The molecule has 2 aromatic carbocycles. The number of carbonyl (C=O) groups excluding carboxylic acids is 1. The standard InChI is InChI=1S/C24H26N6O3S/c1-4-5-14-34-24-27-23-25-16(3)20(22(31)26-18-10-6-15(2)7-11-18)21(29(23)28-24)17-8-12-19(13-9-17)30(32)33/h6-13,21H,4-5,14H2,1-3H3,(H,26,31)(H,25,27,28). The number of thioether (sulfide) groups is 1. The third-order valence-electron chi connectivity index (χ3n) is 5.54. The molecule has 9 nitrogen and oxygen atoms in total. The number of amides is 1. The SMILES string of the molecule is CCCCSc1nc2n(n1)C(c1ccc([N+](=O)[O-])cc1)C(C(=O)Nc1ccc(C)cc1)=C(C)N2. The van der Waals surface area contributed by atoms with E-state index in [0.29, 0.717) is 33.6 Å². The maximum atomic E-state index is 13.5. The summed E-state index contributed by atoms with van der Waals surface area (Å²) < 4.78 is 1.69. The van der Waals surface area contributed by atoms with Crippen LogP contribution in [-0.2, 0) is 4.79 Å². The Hall–Kier alpha value is -3.66. The smallest absolute Gasteiger partial charge is 0.269 e. The Bertz CT molecular complexity index is 1230. The topological polar surface area (TPSA) is 115 Å². The number of hydrogen-bond donors (Lipinski definition) is 2. The van der Waals surface area contributed by atoms with Crippen LogP contribution in [0.5, 0.6) is 0 Å². The van der Waals surface area contributed by atoms with E-state index in [1.54, 1.807) is 28.6 Å². The lowest BCUT2D eigenvalue weighted by atomic mass is 9.95. The van der Waals surface area contributed by atoms with Crippen LogP contribution >= 0.6 is 11.8 Å². The first-order chi connectivity index (χ1) is 16.4. The van der Waals surface area contributed by atoms with Gasteiger partial charge in [0.1, 0.15) is 6.04 Å². The first-order valence-electron chi connectivity index (χ1n) is 11.1. The van der Waals surface area contributed by atoms with Gasteiger partial charge in [0.15, 0.2) is 0 Å². The minimum Gasteiger partial charge on any atom is -0.328 e. The molecule has 176 valence electrons. The maximum absolute atomic E-state index is 13.5. The second-order valence-corrected chi connectivity index (χ2v) is 9.16. The fraction of sp³-hybridized carbons (Fsp3) is 0.292. The van der Waals surface area contributed by atoms with Crippen LogP contribution in [0.2, 0.25) is 0 Å². The van der Waals surface area contributed by atoms with Gasteiger partial charge in [-0.05, 0) is 50.1 Å². The predicted molar refractivity (Wildman–Crippen MR) is 133 cm³/mol. The fourth-order valence-electron chi connectivity index (χ4n) is 3.72. The molecular formula is C24H26N6O3S. The first kappa shape index (κ1) is 23.5. The number of unbranched alkanes of at least 4 members (excludes halogenated alkanes) is 1. The van der Waals surface area contributed by atoms with E-state index >= 15 is 0 Å². The van der Waals surface area contributed by atoms with E-state index in [1.165, 1.54) is 12.1 Å². The summed E-state index contributed by atoms with van der Waals surface area (Å²) in [5.41, 5.74) is 3.58. The van der Waals surface area contributed by atoms with Crippen molar-refractivity contribution in [1.82, 2.24) is 14.8 Å². The lowest BCUT2D eigenvalue weighted by Gasteiger charge is -2.28. The maximum Gasteiger partial charge on any atom is 0.269 e. The van der Waals surface area contributed by atoms with Crippen molar-refractivity contribution >= 4 is 35.0 Å². The molecular weight excluding hydrogens is 452 g/mol. The number of anilines is 2. The minimum atomic E-state index is -0.587. The van der Waals surface area contributed by atoms with E-state index in [1.807, 2.05) is 38.1 Å². The highest BCUT2D eigenvalue weighted by Crippen LogP contribution is 2.37. The van der Waals surface area contributed by atoms with Crippen molar-refractivity contribution in [3.8, 4) is 0 Å². The third kappa shape index (κ3) is 4.96. The summed E-state index contributed by atoms with van der Waals surface area (Å²) in [6.07, 6.45) is 2.13. The summed E-state index contributed by atoms with van der Waals surface area (Å²) in [6, 6.07) is 13.2. The second-order valence-electron chi connectivity index (χ2n) is 8.10. The molecule has 3 aromatic rings. The quantitative estimate of drug-likeness (QED) is 0.195. The molecule has 0 aliphatic carbocycles. The number of carbonyl (C=O) groups is 1. The van der Waals surface area contributed by atoms with Gasteiger partial charge in [-0.3, -0.25) is 14.9 Å². The van der Waals surface area contributed by atoms with Crippen LogP contribution in [0.4, 0.5) is 17.3 Å². The van der Waals surface area contributed by atoms with Gasteiger partial charge in [-0.1, -0.05) is 42.8 Å². The van der Waals surface area contributed by atoms with Gasteiger partial charge in [0.25, 0.3) is 11.6 Å². The number of rotatable bonds is 8. The van der Waals surface area contributed by atoms with Crippen LogP contribution < -0.4 is 10.6 Å². The van der Waals surface area contributed by atoms with Crippen molar-refractivity contribution < 1.29 is 9.72 Å². The van der Waals surface area contributed by atoms with Gasteiger partial charge in [-0.15, -0.1) is 5.10 Å². The number of aromatic nitrogens is 3. The molecule has 0 bridgehead atoms. The highest BCUT2D eigenvalue weighted by molar-refractivity contribution is 7.99. The summed E-state index contributed by atoms with van der Waals surface area (Å²) in [7, 11) is 0. The number of nitrogens with zero attached hydrogens (tertiary/aromatic N) is 4. The molecule has 0 saturated heterocycles. The molecule has 2 N–H and O–H groups in total. The van der Waals surface area contributed by atoms with E-state index in [9.17, 15) is 14.9 Å². The molecule has 4 rings (SSSR count). The highest BCUT2D eigenvalue weighted by Gasteiger charge is 2.34. The summed E-state index contributed by atoms with van der Waals surface area (Å²) in [6.45, 7) is 5.94. The Labute approximate surface area is 201 Å². The fourth-order valence-corrected chi connectivity index (χ4v) is 4.63. The lowest BCUT2D eigenvalue weighted by Crippen LogP contribution is -2.31. The largest absolute Gasteiger partial charge is 0.328 e. The van der Waals surface area contributed by atoms with Crippen LogP contribution in [0, 0.1) is 17.0 Å². The van der Waals surface area contributed by atoms with Gasteiger partial charge in [-0.2, -0.15) is 4.98 Å². The van der Waals surface area contributed by atoms with Gasteiger partial charge in [0, 0.05) is 29.3 Å². The van der Waals surface area contributed by atoms with Crippen molar-refractivity contribution in [3.05, 3.63) is 81.0 Å². The Morgan fingerprint density at radius 3 is 2.53 bits per heavy atom. The van der Waals surface area contributed by atoms with E-state index in [-0.39, 0.29) is 11.6 Å². The van der Waals surface area contributed by atoms with E-state index in [4.69, 9.17) is 0 Å². The lowest BCUT2D eigenvalue weighted by molar-refractivity contribution is -0.384. The molecule has 0 spiro atoms. The average Bonchev–Trinajstić information content (AvgIpc) is 3.22. The number of benzene rings is 2. The minimum absolute atomic E-state index is 0.0151. The molecule has 0 radical (unpaired) electrons. The van der Waals surface area contributed by atoms with Gasteiger partial charge >= 0.3 is 0 Å². The normalized spacial score (nSPS) is 15.0. The Morgan fingerprint density at radius 1 is 1.18 bits per heavy atom. The van der Waals surface area contributed by atoms with Crippen LogP contribution in [0.1, 0.15) is 43.9 Å². The van der Waals surface area contributed by atoms with Gasteiger partial charge in [0.05, 0.1) is 10.5 Å². The number of hydrogen-bond acceptors (Lipinski definition) is 7. The van der Waals surface area contributed by atoms with Gasteiger partial charge in [-0.25, -0.2) is 4.68 Å². The first-order valence-corrected chi connectivity index (χ1v) is 12.1. The molecule has 1 aliphatic heterocycles. The zero-order valence-corrected chi connectivity index (χ0v) is 20.1. The van der Waals surface area contributed by atoms with Crippen molar-refractivity contribution in [2.75, 3.05) is 16.4 Å². The van der Waals surface area contributed by atoms with Crippen LogP contribution in [0.25, 0.3) is 0 Å². The Morgan fingerprint density at radius 2 is 1.88 bits per heavy atom. The van der Waals surface area contributed by atoms with Gasteiger partial charge < -0.3 is 10.6 Å². The van der Waals surface area contributed by atoms with Crippen molar-refractivity contribution in [3.63, 3.8) is 0 Å². The number of nitro groups is 1. The average molecular weight is 479 g/mol. The highest BCUT2D eigenvalue weighted by atomic mass is 32.2. The van der Waals surface area contributed by atoms with Crippen molar-refractivity contribution in [2.45, 2.75) is 44.8 Å². The summed E-state index contributed by atoms with van der Waals surface area (Å²) in [4.78, 5) is 28.8. The molecule has 10 heteroatoms. The van der Waals surface area contributed by atoms with E-state index < -0.39 is 11.0 Å². The molecule has 34 heavy (non-hydrogen) atoms. The molecule has 1 aromatic heterocycles. The van der Waals surface area contributed by atoms with Crippen molar-refractivity contribution in [2.24, 2.45) is 0 Å². The predicted octanol–water partition coefficient (Wildman–Crippen LogP) is 5.31. The van der Waals surface area contributed by atoms with E-state index in [0.717, 1.165) is 24.2 Å². The zero-order chi connectivity index (χ0) is 24.2. The van der Waals surface area contributed by atoms with Crippen LogP contribution in [0.3, 0.4) is 0 Å². The molecule has 0 fully saturated rings. The number of nitro benzene ring substituents is 1.